The number of ether oxygens (including phenoxy) is 1. The van der Waals surface area contributed by atoms with Crippen LogP contribution in [0.5, 0.6) is 0 Å². The first kappa shape index (κ1) is 24.9. The van der Waals surface area contributed by atoms with E-state index in [1.165, 1.54) is 0 Å². The fourth-order valence-electron chi connectivity index (χ4n) is 2.64. The van der Waals surface area contributed by atoms with Crippen LogP contribution < -0.4 is 16.0 Å². The molecule has 0 saturated heterocycles. The molecule has 26 heavy (non-hydrogen) atoms. The van der Waals surface area contributed by atoms with Gasteiger partial charge in [-0.15, -0.1) is 24.0 Å². The first-order valence-electron chi connectivity index (χ1n) is 9.33. The SMILES string of the molecule is CCNC(=NCC(=O)NC(C)(C)C)NCCCC(=O)OC1CCCC1.I. The normalized spacial score (nSPS) is 15.2. The van der Waals surface area contributed by atoms with Crippen molar-refractivity contribution in [2.75, 3.05) is 19.6 Å². The Bertz CT molecular complexity index is 458. The van der Waals surface area contributed by atoms with E-state index in [-0.39, 0.29) is 54.0 Å². The highest BCUT2D eigenvalue weighted by atomic mass is 127. The molecule has 0 aromatic carbocycles. The molecule has 0 heterocycles. The molecule has 0 aromatic rings. The Morgan fingerprint density at radius 2 is 1.81 bits per heavy atom. The lowest BCUT2D eigenvalue weighted by atomic mass is 10.1. The first-order chi connectivity index (χ1) is 11.8. The molecule has 152 valence electrons. The van der Waals surface area contributed by atoms with Crippen LogP contribution in [0.25, 0.3) is 0 Å². The Hall–Kier alpha value is -1.06. The third-order valence-electron chi connectivity index (χ3n) is 3.69. The largest absolute Gasteiger partial charge is 0.462 e. The van der Waals surface area contributed by atoms with E-state index >= 15 is 0 Å². The van der Waals surface area contributed by atoms with Crippen molar-refractivity contribution in [2.24, 2.45) is 4.99 Å². The van der Waals surface area contributed by atoms with Crippen molar-refractivity contribution >= 4 is 41.8 Å². The van der Waals surface area contributed by atoms with Crippen LogP contribution in [0.2, 0.25) is 0 Å². The third-order valence-corrected chi connectivity index (χ3v) is 3.69. The van der Waals surface area contributed by atoms with Gasteiger partial charge in [0.05, 0.1) is 0 Å². The highest BCUT2D eigenvalue weighted by Crippen LogP contribution is 2.21. The maximum atomic E-state index is 11.8. The monoisotopic (exact) mass is 482 g/mol. The van der Waals surface area contributed by atoms with Crippen molar-refractivity contribution in [3.8, 4) is 0 Å². The number of halogens is 1. The molecule has 7 nitrogen and oxygen atoms in total. The molecule has 0 unspecified atom stereocenters. The Morgan fingerprint density at radius 1 is 1.15 bits per heavy atom. The van der Waals surface area contributed by atoms with Crippen LogP contribution in [-0.2, 0) is 14.3 Å². The average molecular weight is 482 g/mol. The molecular weight excluding hydrogens is 447 g/mol. The maximum Gasteiger partial charge on any atom is 0.306 e. The Labute approximate surface area is 174 Å². The fourth-order valence-corrected chi connectivity index (χ4v) is 2.64. The second-order valence-corrected chi connectivity index (χ2v) is 7.42. The van der Waals surface area contributed by atoms with Gasteiger partial charge >= 0.3 is 5.97 Å². The lowest BCUT2D eigenvalue weighted by Crippen LogP contribution is -2.43. The van der Waals surface area contributed by atoms with E-state index in [0.29, 0.717) is 31.9 Å². The molecule has 0 spiro atoms. The summed E-state index contributed by atoms with van der Waals surface area (Å²) in [5.74, 6) is 0.334. The second kappa shape index (κ2) is 13.2. The van der Waals surface area contributed by atoms with Gasteiger partial charge in [-0.2, -0.15) is 0 Å². The molecule has 1 saturated carbocycles. The van der Waals surface area contributed by atoms with Crippen molar-refractivity contribution in [1.82, 2.24) is 16.0 Å². The number of amides is 1. The smallest absolute Gasteiger partial charge is 0.306 e. The van der Waals surface area contributed by atoms with Gasteiger partial charge in [-0.05, 0) is 59.8 Å². The zero-order valence-corrected chi connectivity index (χ0v) is 18.9. The van der Waals surface area contributed by atoms with Gasteiger partial charge in [-0.25, -0.2) is 4.99 Å². The first-order valence-corrected chi connectivity index (χ1v) is 9.33. The molecule has 1 aliphatic rings. The van der Waals surface area contributed by atoms with Gasteiger partial charge in [0.1, 0.15) is 12.6 Å². The van der Waals surface area contributed by atoms with Crippen LogP contribution in [0.1, 0.15) is 66.2 Å². The molecule has 3 N–H and O–H groups in total. The van der Waals surface area contributed by atoms with Crippen molar-refractivity contribution in [3.05, 3.63) is 0 Å². The number of rotatable bonds is 8. The number of carbonyl (C=O) groups excluding carboxylic acids is 2. The topological polar surface area (TPSA) is 91.8 Å². The molecule has 0 aromatic heterocycles. The summed E-state index contributed by atoms with van der Waals surface area (Å²) in [5.41, 5.74) is -0.266. The number of esters is 1. The van der Waals surface area contributed by atoms with E-state index in [9.17, 15) is 9.59 Å². The number of aliphatic imine (C=N–C) groups is 1. The predicted molar refractivity (Wildman–Crippen MR) is 115 cm³/mol. The maximum absolute atomic E-state index is 11.8. The number of guanidine groups is 1. The number of hydrogen-bond acceptors (Lipinski definition) is 4. The molecule has 0 bridgehead atoms. The average Bonchev–Trinajstić information content (AvgIpc) is 3.00. The van der Waals surface area contributed by atoms with Crippen molar-refractivity contribution in [1.29, 1.82) is 0 Å². The van der Waals surface area contributed by atoms with Gasteiger partial charge in [0.15, 0.2) is 5.96 Å². The highest BCUT2D eigenvalue weighted by molar-refractivity contribution is 14.0. The molecule has 0 atom stereocenters. The van der Waals surface area contributed by atoms with Crippen LogP contribution in [0.4, 0.5) is 0 Å². The summed E-state index contributed by atoms with van der Waals surface area (Å²) in [6.07, 6.45) is 5.50. The number of hydrogen-bond donors (Lipinski definition) is 3. The summed E-state index contributed by atoms with van der Waals surface area (Å²) in [4.78, 5) is 27.8. The zero-order valence-electron chi connectivity index (χ0n) is 16.5. The van der Waals surface area contributed by atoms with E-state index in [0.717, 1.165) is 25.7 Å². The molecule has 1 fully saturated rings. The summed E-state index contributed by atoms with van der Waals surface area (Å²) in [5, 5.41) is 9.10. The zero-order chi connectivity index (χ0) is 18.7. The van der Waals surface area contributed by atoms with Gasteiger partial charge in [-0.3, -0.25) is 9.59 Å². The van der Waals surface area contributed by atoms with E-state index in [2.05, 4.69) is 20.9 Å². The fraction of sp³-hybridized carbons (Fsp3) is 0.833. The summed E-state index contributed by atoms with van der Waals surface area (Å²) in [6, 6.07) is 0. The predicted octanol–water partition coefficient (Wildman–Crippen LogP) is 2.34. The van der Waals surface area contributed by atoms with Crippen LogP contribution >= 0.6 is 24.0 Å². The van der Waals surface area contributed by atoms with Crippen molar-refractivity contribution in [3.63, 3.8) is 0 Å². The number of nitrogens with zero attached hydrogens (tertiary/aromatic N) is 1. The number of nitrogens with one attached hydrogen (secondary N) is 3. The van der Waals surface area contributed by atoms with Gasteiger partial charge in [0.2, 0.25) is 5.91 Å². The summed E-state index contributed by atoms with van der Waals surface area (Å²) in [6.45, 7) is 9.14. The van der Waals surface area contributed by atoms with Gasteiger partial charge in [-0.1, -0.05) is 0 Å². The molecule has 1 aliphatic carbocycles. The minimum Gasteiger partial charge on any atom is -0.462 e. The van der Waals surface area contributed by atoms with Crippen molar-refractivity contribution in [2.45, 2.75) is 77.9 Å². The van der Waals surface area contributed by atoms with E-state index in [4.69, 9.17) is 4.74 Å². The third kappa shape index (κ3) is 12.3. The standard InChI is InChI=1S/C18H34N4O3.HI/c1-5-19-17(21-13-15(23)22-18(2,3)4)20-12-8-11-16(24)25-14-9-6-7-10-14;/h14H,5-13H2,1-4H3,(H,22,23)(H2,19,20,21);1H. The highest BCUT2D eigenvalue weighted by Gasteiger charge is 2.18. The molecule has 0 radical (unpaired) electrons. The van der Waals surface area contributed by atoms with Crippen LogP contribution in [0.3, 0.4) is 0 Å². The summed E-state index contributed by atoms with van der Waals surface area (Å²) >= 11 is 0. The van der Waals surface area contributed by atoms with E-state index in [1.54, 1.807) is 0 Å². The molecular formula is C18H35IN4O3. The van der Waals surface area contributed by atoms with Crippen LogP contribution in [0, 0.1) is 0 Å². The summed E-state index contributed by atoms with van der Waals surface area (Å²) in [7, 11) is 0. The Morgan fingerprint density at radius 3 is 2.38 bits per heavy atom. The quantitative estimate of drug-likeness (QED) is 0.163. The number of carbonyl (C=O) groups is 2. The van der Waals surface area contributed by atoms with E-state index < -0.39 is 0 Å². The van der Waals surface area contributed by atoms with E-state index in [1.807, 2.05) is 27.7 Å². The van der Waals surface area contributed by atoms with Gasteiger partial charge in [0.25, 0.3) is 0 Å². The van der Waals surface area contributed by atoms with Crippen molar-refractivity contribution < 1.29 is 14.3 Å². The second-order valence-electron chi connectivity index (χ2n) is 7.42. The Kier molecular flexibility index (Phi) is 12.6. The van der Waals surface area contributed by atoms with Gasteiger partial charge in [0, 0.05) is 25.0 Å². The molecule has 8 heteroatoms. The van der Waals surface area contributed by atoms with Crippen LogP contribution in [-0.4, -0.2) is 49.1 Å². The van der Waals surface area contributed by atoms with Gasteiger partial charge < -0.3 is 20.7 Å². The van der Waals surface area contributed by atoms with Crippen LogP contribution in [0.15, 0.2) is 4.99 Å². The minimum atomic E-state index is -0.266. The molecule has 1 amide bonds. The minimum absolute atomic E-state index is 0. The Balaban J connectivity index is 0.00000625. The molecule has 0 aliphatic heterocycles. The molecule has 1 rings (SSSR count). The lowest BCUT2D eigenvalue weighted by Gasteiger charge is -2.20. The lowest BCUT2D eigenvalue weighted by molar-refractivity contribution is -0.148. The summed E-state index contributed by atoms with van der Waals surface area (Å²) < 4.78 is 5.43.